The number of piperidine rings is 1. The minimum absolute atomic E-state index is 0.00133. The van der Waals surface area contributed by atoms with Crippen molar-refractivity contribution in [3.8, 4) is 11.8 Å². The predicted molar refractivity (Wildman–Crippen MR) is 62.2 cm³/mol. The van der Waals surface area contributed by atoms with Crippen molar-refractivity contribution in [2.75, 3.05) is 19.7 Å². The Morgan fingerprint density at radius 2 is 2.18 bits per heavy atom. The van der Waals surface area contributed by atoms with Crippen LogP contribution in [0.4, 0.5) is 4.39 Å². The first-order valence-corrected chi connectivity index (χ1v) is 5.83. The van der Waals surface area contributed by atoms with E-state index in [1.807, 2.05) is 6.07 Å². The molecule has 4 heteroatoms. The Morgan fingerprint density at radius 1 is 1.41 bits per heavy atom. The zero-order valence-corrected chi connectivity index (χ0v) is 9.58. The highest BCUT2D eigenvalue weighted by Gasteiger charge is 2.15. The molecule has 1 aliphatic heterocycles. The molecule has 0 saturated carbocycles. The maximum Gasteiger partial charge on any atom is 0.144 e. The number of nitrogens with zero attached hydrogens (tertiary/aromatic N) is 1. The highest BCUT2D eigenvalue weighted by Crippen LogP contribution is 2.22. The summed E-state index contributed by atoms with van der Waals surface area (Å²) < 4.78 is 18.9. The van der Waals surface area contributed by atoms with Gasteiger partial charge in [-0.05, 0) is 44.0 Å². The van der Waals surface area contributed by atoms with Crippen molar-refractivity contribution in [3.05, 3.63) is 29.6 Å². The molecule has 1 heterocycles. The molecule has 0 radical (unpaired) electrons. The van der Waals surface area contributed by atoms with Crippen LogP contribution in [0.3, 0.4) is 0 Å². The van der Waals surface area contributed by atoms with E-state index in [-0.39, 0.29) is 5.56 Å². The Bertz CT molecular complexity index is 422. The van der Waals surface area contributed by atoms with E-state index in [1.54, 1.807) is 12.1 Å². The fourth-order valence-corrected chi connectivity index (χ4v) is 1.99. The van der Waals surface area contributed by atoms with Crippen LogP contribution in [0.2, 0.25) is 0 Å². The van der Waals surface area contributed by atoms with Gasteiger partial charge in [0.2, 0.25) is 0 Å². The predicted octanol–water partition coefficient (Wildman–Crippen LogP) is 2.08. The molecule has 17 heavy (non-hydrogen) atoms. The lowest BCUT2D eigenvalue weighted by molar-refractivity contribution is 0.214. The van der Waals surface area contributed by atoms with Gasteiger partial charge < -0.3 is 10.1 Å². The number of hydrogen-bond donors (Lipinski definition) is 1. The summed E-state index contributed by atoms with van der Waals surface area (Å²) in [6.07, 6.45) is 2.13. The van der Waals surface area contributed by atoms with Crippen molar-refractivity contribution in [2.45, 2.75) is 12.8 Å². The first-order chi connectivity index (χ1) is 8.31. The van der Waals surface area contributed by atoms with Crippen molar-refractivity contribution in [1.29, 1.82) is 5.26 Å². The van der Waals surface area contributed by atoms with Crippen LogP contribution >= 0.6 is 0 Å². The lowest BCUT2D eigenvalue weighted by Gasteiger charge is -2.22. The van der Waals surface area contributed by atoms with Gasteiger partial charge in [0.25, 0.3) is 0 Å². The van der Waals surface area contributed by atoms with Gasteiger partial charge in [-0.1, -0.05) is 6.07 Å². The maximum absolute atomic E-state index is 13.3. The summed E-state index contributed by atoms with van der Waals surface area (Å²) in [4.78, 5) is 0. The Kier molecular flexibility index (Phi) is 3.94. The van der Waals surface area contributed by atoms with Crippen LogP contribution in [0.15, 0.2) is 18.2 Å². The van der Waals surface area contributed by atoms with Gasteiger partial charge in [-0.15, -0.1) is 0 Å². The Labute approximate surface area is 100 Å². The average molecular weight is 234 g/mol. The van der Waals surface area contributed by atoms with E-state index in [4.69, 9.17) is 10.00 Å². The standard InChI is InChI=1S/C13H15FN2O/c14-12-2-1-3-13(11(12)8-15)17-9-10-4-6-16-7-5-10/h1-3,10,16H,4-7,9H2. The highest BCUT2D eigenvalue weighted by molar-refractivity contribution is 5.43. The lowest BCUT2D eigenvalue weighted by Crippen LogP contribution is -2.30. The number of nitrogens with one attached hydrogen (secondary N) is 1. The molecule has 0 bridgehead atoms. The summed E-state index contributed by atoms with van der Waals surface area (Å²) in [5.74, 6) is 0.326. The number of halogens is 1. The minimum Gasteiger partial charge on any atom is -0.492 e. The van der Waals surface area contributed by atoms with Crippen molar-refractivity contribution < 1.29 is 9.13 Å². The summed E-state index contributed by atoms with van der Waals surface area (Å²) in [6.45, 7) is 2.56. The monoisotopic (exact) mass is 234 g/mol. The summed E-state index contributed by atoms with van der Waals surface area (Å²) in [7, 11) is 0. The molecule has 0 unspecified atom stereocenters. The van der Waals surface area contributed by atoms with Crippen molar-refractivity contribution >= 4 is 0 Å². The summed E-state index contributed by atoms with van der Waals surface area (Å²) >= 11 is 0. The van der Waals surface area contributed by atoms with E-state index in [0.717, 1.165) is 25.9 Å². The summed E-state index contributed by atoms with van der Waals surface area (Å²) in [5.41, 5.74) is 0.00133. The van der Waals surface area contributed by atoms with Gasteiger partial charge in [0.05, 0.1) is 6.61 Å². The highest BCUT2D eigenvalue weighted by atomic mass is 19.1. The maximum atomic E-state index is 13.3. The topological polar surface area (TPSA) is 45.0 Å². The number of benzene rings is 1. The van der Waals surface area contributed by atoms with E-state index in [1.165, 1.54) is 6.07 Å². The molecule has 90 valence electrons. The third-order valence-electron chi connectivity index (χ3n) is 3.02. The molecule has 1 aromatic rings. The molecule has 0 spiro atoms. The first-order valence-electron chi connectivity index (χ1n) is 5.83. The normalized spacial score (nSPS) is 16.5. The van der Waals surface area contributed by atoms with Gasteiger partial charge >= 0.3 is 0 Å². The molecule has 0 aromatic heterocycles. The number of nitriles is 1. The Balaban J connectivity index is 1.99. The van der Waals surface area contributed by atoms with E-state index in [2.05, 4.69) is 5.32 Å². The molecule has 1 saturated heterocycles. The number of rotatable bonds is 3. The molecule has 0 atom stereocenters. The van der Waals surface area contributed by atoms with Crippen LogP contribution in [0.1, 0.15) is 18.4 Å². The molecular formula is C13H15FN2O. The third kappa shape index (κ3) is 2.95. The third-order valence-corrected chi connectivity index (χ3v) is 3.02. The van der Waals surface area contributed by atoms with Crippen molar-refractivity contribution in [3.63, 3.8) is 0 Å². The number of ether oxygens (including phenoxy) is 1. The quantitative estimate of drug-likeness (QED) is 0.870. The van der Waals surface area contributed by atoms with Crippen LogP contribution in [0.25, 0.3) is 0 Å². The van der Waals surface area contributed by atoms with Crippen LogP contribution in [0.5, 0.6) is 5.75 Å². The largest absolute Gasteiger partial charge is 0.492 e. The van der Waals surface area contributed by atoms with Crippen LogP contribution < -0.4 is 10.1 Å². The zero-order chi connectivity index (χ0) is 12.1. The van der Waals surface area contributed by atoms with Crippen molar-refractivity contribution in [2.24, 2.45) is 5.92 Å². The summed E-state index contributed by atoms with van der Waals surface area (Å²) in [6, 6.07) is 6.32. The lowest BCUT2D eigenvalue weighted by atomic mass is 9.99. The second-order valence-corrected chi connectivity index (χ2v) is 4.23. The second-order valence-electron chi connectivity index (χ2n) is 4.23. The second kappa shape index (κ2) is 5.65. The Morgan fingerprint density at radius 3 is 2.88 bits per heavy atom. The zero-order valence-electron chi connectivity index (χ0n) is 9.58. The molecule has 1 fully saturated rings. The van der Waals surface area contributed by atoms with E-state index >= 15 is 0 Å². The number of hydrogen-bond acceptors (Lipinski definition) is 3. The smallest absolute Gasteiger partial charge is 0.144 e. The molecule has 1 aliphatic rings. The fraction of sp³-hybridized carbons (Fsp3) is 0.462. The van der Waals surface area contributed by atoms with Crippen molar-refractivity contribution in [1.82, 2.24) is 5.32 Å². The van der Waals surface area contributed by atoms with Gasteiger partial charge in [-0.2, -0.15) is 5.26 Å². The van der Waals surface area contributed by atoms with E-state index < -0.39 is 5.82 Å². The van der Waals surface area contributed by atoms with Gasteiger partial charge in [0.1, 0.15) is 23.2 Å². The first kappa shape index (κ1) is 11.9. The molecule has 2 rings (SSSR count). The van der Waals surface area contributed by atoms with Crippen LogP contribution in [-0.4, -0.2) is 19.7 Å². The van der Waals surface area contributed by atoms with Gasteiger partial charge in [0.15, 0.2) is 0 Å². The molecule has 1 N–H and O–H groups in total. The fourth-order valence-electron chi connectivity index (χ4n) is 1.99. The minimum atomic E-state index is -0.518. The van der Waals surface area contributed by atoms with E-state index in [0.29, 0.717) is 18.3 Å². The van der Waals surface area contributed by atoms with E-state index in [9.17, 15) is 4.39 Å². The Hall–Kier alpha value is -1.60. The molecule has 3 nitrogen and oxygen atoms in total. The SMILES string of the molecule is N#Cc1c(F)cccc1OCC1CCNCC1. The summed E-state index contributed by atoms with van der Waals surface area (Å²) in [5, 5.41) is 12.1. The molecule has 0 aliphatic carbocycles. The van der Waals surface area contributed by atoms with Crippen LogP contribution in [-0.2, 0) is 0 Å². The molecule has 1 aromatic carbocycles. The van der Waals surface area contributed by atoms with Gasteiger partial charge in [0, 0.05) is 0 Å². The van der Waals surface area contributed by atoms with Gasteiger partial charge in [-0.3, -0.25) is 0 Å². The molecular weight excluding hydrogens is 219 g/mol. The van der Waals surface area contributed by atoms with Crippen LogP contribution in [0, 0.1) is 23.1 Å². The average Bonchev–Trinajstić information content (AvgIpc) is 2.37. The van der Waals surface area contributed by atoms with Gasteiger partial charge in [-0.25, -0.2) is 4.39 Å². The molecule has 0 amide bonds.